The van der Waals surface area contributed by atoms with Gasteiger partial charge in [0.1, 0.15) is 5.60 Å². The van der Waals surface area contributed by atoms with Crippen molar-refractivity contribution < 1.29 is 19.4 Å². The van der Waals surface area contributed by atoms with Gasteiger partial charge in [-0.2, -0.15) is 0 Å². The summed E-state index contributed by atoms with van der Waals surface area (Å²) in [6, 6.07) is 0.363. The van der Waals surface area contributed by atoms with Crippen LogP contribution in [0.2, 0.25) is 0 Å². The summed E-state index contributed by atoms with van der Waals surface area (Å²) in [6.45, 7) is 10.1. The first-order chi connectivity index (χ1) is 9.28. The molecule has 6 heteroatoms. The number of aliphatic hydroxyl groups is 1. The molecule has 0 spiro atoms. The zero-order valence-corrected chi connectivity index (χ0v) is 13.0. The van der Waals surface area contributed by atoms with E-state index in [-0.39, 0.29) is 12.6 Å². The Morgan fingerprint density at radius 2 is 2.25 bits per heavy atom. The average Bonchev–Trinajstić information content (AvgIpc) is 2.77. The molecule has 0 aromatic rings. The molecule has 0 saturated carbocycles. The van der Waals surface area contributed by atoms with Gasteiger partial charge >= 0.3 is 6.09 Å². The number of ether oxygens (including phenoxy) is 2. The van der Waals surface area contributed by atoms with Crippen LogP contribution in [-0.4, -0.2) is 66.7 Å². The lowest BCUT2D eigenvalue weighted by Gasteiger charge is -2.28. The number of rotatable bonds is 6. The van der Waals surface area contributed by atoms with Gasteiger partial charge in [-0.1, -0.05) is 0 Å². The number of carbonyl (C=O) groups is 1. The van der Waals surface area contributed by atoms with Crippen molar-refractivity contribution in [3.8, 4) is 0 Å². The van der Waals surface area contributed by atoms with Gasteiger partial charge in [0, 0.05) is 32.3 Å². The van der Waals surface area contributed by atoms with Gasteiger partial charge in [-0.15, -0.1) is 0 Å². The lowest BCUT2D eigenvalue weighted by molar-refractivity contribution is 0.0163. The largest absolute Gasteiger partial charge is 0.444 e. The number of aliphatic hydroxyl groups excluding tert-OH is 1. The van der Waals surface area contributed by atoms with Crippen LogP contribution >= 0.6 is 0 Å². The second-order valence-corrected chi connectivity index (χ2v) is 6.29. The highest BCUT2D eigenvalue weighted by atomic mass is 16.6. The summed E-state index contributed by atoms with van der Waals surface area (Å²) in [4.78, 5) is 13.6. The average molecular weight is 288 g/mol. The predicted octanol–water partition coefficient (Wildman–Crippen LogP) is 0.983. The molecule has 2 N–H and O–H groups in total. The number of carbonyl (C=O) groups excluding carboxylic acids is 1. The third kappa shape index (κ3) is 7.07. The molecule has 6 nitrogen and oxygen atoms in total. The first-order valence-electron chi connectivity index (χ1n) is 7.25. The number of hydrogen-bond donors (Lipinski definition) is 2. The Hall–Kier alpha value is -0.850. The van der Waals surface area contributed by atoms with Gasteiger partial charge in [0.15, 0.2) is 0 Å². The van der Waals surface area contributed by atoms with Crippen molar-refractivity contribution in [3.05, 3.63) is 0 Å². The van der Waals surface area contributed by atoms with Crippen LogP contribution in [0.25, 0.3) is 0 Å². The van der Waals surface area contributed by atoms with Crippen LogP contribution in [0.15, 0.2) is 0 Å². The normalized spacial score (nSPS) is 20.8. The minimum absolute atomic E-state index is 0.276. The minimum Gasteiger partial charge on any atom is -0.444 e. The molecule has 0 bridgehead atoms. The second-order valence-electron chi connectivity index (χ2n) is 6.29. The Bertz CT molecular complexity index is 296. The Morgan fingerprint density at radius 1 is 1.55 bits per heavy atom. The summed E-state index contributed by atoms with van der Waals surface area (Å²) in [5.74, 6) is 0. The zero-order valence-electron chi connectivity index (χ0n) is 13.0. The lowest BCUT2D eigenvalue weighted by atomic mass is 10.2. The van der Waals surface area contributed by atoms with Crippen LogP contribution in [0, 0.1) is 0 Å². The highest BCUT2D eigenvalue weighted by molar-refractivity contribution is 5.68. The summed E-state index contributed by atoms with van der Waals surface area (Å²) >= 11 is 0. The quantitative estimate of drug-likeness (QED) is 0.762. The Morgan fingerprint density at radius 3 is 2.75 bits per heavy atom. The topological polar surface area (TPSA) is 71.0 Å². The van der Waals surface area contributed by atoms with Crippen molar-refractivity contribution >= 4 is 6.09 Å². The maximum atomic E-state index is 12.1. The fourth-order valence-corrected chi connectivity index (χ4v) is 2.00. The molecule has 2 unspecified atom stereocenters. The van der Waals surface area contributed by atoms with Gasteiger partial charge < -0.3 is 24.8 Å². The molecule has 1 aliphatic rings. The van der Waals surface area contributed by atoms with Crippen LogP contribution in [0.3, 0.4) is 0 Å². The second kappa shape index (κ2) is 7.81. The maximum Gasteiger partial charge on any atom is 0.410 e. The summed E-state index contributed by atoms with van der Waals surface area (Å²) in [5.41, 5.74) is -0.527. The molecule has 1 aliphatic heterocycles. The minimum atomic E-state index is -0.572. The van der Waals surface area contributed by atoms with Crippen molar-refractivity contribution in [2.75, 3.05) is 32.8 Å². The van der Waals surface area contributed by atoms with E-state index in [4.69, 9.17) is 9.47 Å². The monoisotopic (exact) mass is 288 g/mol. The van der Waals surface area contributed by atoms with Crippen LogP contribution < -0.4 is 5.32 Å². The molecule has 0 radical (unpaired) electrons. The SMILES string of the molecule is CC(O)CN(CCNC1CCOC1)C(=O)OC(C)(C)C. The van der Waals surface area contributed by atoms with Crippen molar-refractivity contribution in [3.63, 3.8) is 0 Å². The van der Waals surface area contributed by atoms with E-state index < -0.39 is 11.7 Å². The number of nitrogens with one attached hydrogen (secondary N) is 1. The van der Waals surface area contributed by atoms with E-state index in [1.807, 2.05) is 20.8 Å². The van der Waals surface area contributed by atoms with Crippen molar-refractivity contribution in [1.29, 1.82) is 0 Å². The molecular weight excluding hydrogens is 260 g/mol. The Balaban J connectivity index is 2.39. The molecule has 118 valence electrons. The first kappa shape index (κ1) is 17.2. The summed E-state index contributed by atoms with van der Waals surface area (Å²) in [7, 11) is 0. The molecule has 20 heavy (non-hydrogen) atoms. The molecule has 0 aromatic heterocycles. The number of amides is 1. The van der Waals surface area contributed by atoms with Gasteiger partial charge in [-0.3, -0.25) is 0 Å². The molecule has 0 aliphatic carbocycles. The highest BCUT2D eigenvalue weighted by Crippen LogP contribution is 2.10. The maximum absolute atomic E-state index is 12.1. The molecule has 0 aromatic carbocycles. The summed E-state index contributed by atoms with van der Waals surface area (Å²) in [6.07, 6.45) is 0.0447. The molecule has 1 saturated heterocycles. The van der Waals surface area contributed by atoms with Crippen LogP contribution in [0.4, 0.5) is 4.79 Å². The van der Waals surface area contributed by atoms with Gasteiger partial charge in [-0.25, -0.2) is 4.79 Å². The molecule has 1 heterocycles. The fourth-order valence-electron chi connectivity index (χ4n) is 2.00. The van der Waals surface area contributed by atoms with E-state index >= 15 is 0 Å². The van der Waals surface area contributed by atoms with E-state index in [0.717, 1.165) is 19.6 Å². The Labute approximate surface area is 121 Å². The molecule has 1 amide bonds. The summed E-state index contributed by atoms with van der Waals surface area (Å²) < 4.78 is 10.6. The van der Waals surface area contributed by atoms with Crippen molar-refractivity contribution in [1.82, 2.24) is 10.2 Å². The fraction of sp³-hybridized carbons (Fsp3) is 0.929. The molecule has 1 fully saturated rings. The summed E-state index contributed by atoms with van der Waals surface area (Å²) in [5, 5.41) is 12.8. The van der Waals surface area contributed by atoms with E-state index in [1.54, 1.807) is 11.8 Å². The first-order valence-corrected chi connectivity index (χ1v) is 7.25. The van der Waals surface area contributed by atoms with Gasteiger partial charge in [0.2, 0.25) is 0 Å². The van der Waals surface area contributed by atoms with E-state index in [9.17, 15) is 9.90 Å². The molecule has 1 rings (SSSR count). The van der Waals surface area contributed by atoms with Crippen LogP contribution in [-0.2, 0) is 9.47 Å². The van der Waals surface area contributed by atoms with Gasteiger partial charge in [0.25, 0.3) is 0 Å². The van der Waals surface area contributed by atoms with Gasteiger partial charge in [0.05, 0.1) is 12.7 Å². The van der Waals surface area contributed by atoms with Crippen molar-refractivity contribution in [2.24, 2.45) is 0 Å². The smallest absolute Gasteiger partial charge is 0.410 e. The third-order valence-corrected chi connectivity index (χ3v) is 2.88. The van der Waals surface area contributed by atoms with E-state index in [1.165, 1.54) is 0 Å². The molecular formula is C14H28N2O4. The number of hydrogen-bond acceptors (Lipinski definition) is 5. The Kier molecular flexibility index (Phi) is 6.71. The van der Waals surface area contributed by atoms with Gasteiger partial charge in [-0.05, 0) is 34.1 Å². The lowest BCUT2D eigenvalue weighted by Crippen LogP contribution is -2.45. The number of nitrogens with zero attached hydrogens (tertiary/aromatic N) is 1. The van der Waals surface area contributed by atoms with Crippen molar-refractivity contribution in [2.45, 2.75) is 51.9 Å². The van der Waals surface area contributed by atoms with Crippen LogP contribution in [0.1, 0.15) is 34.1 Å². The highest BCUT2D eigenvalue weighted by Gasteiger charge is 2.23. The zero-order chi connectivity index (χ0) is 15.2. The van der Waals surface area contributed by atoms with E-state index in [0.29, 0.717) is 19.1 Å². The molecule has 2 atom stereocenters. The van der Waals surface area contributed by atoms with Crippen LogP contribution in [0.5, 0.6) is 0 Å². The third-order valence-electron chi connectivity index (χ3n) is 2.88. The standard InChI is InChI=1S/C14H28N2O4/c1-11(17)9-16(13(18)20-14(2,3)4)7-6-15-12-5-8-19-10-12/h11-12,15,17H,5-10H2,1-4H3. The van der Waals surface area contributed by atoms with E-state index in [2.05, 4.69) is 5.32 Å². The predicted molar refractivity (Wildman–Crippen MR) is 76.7 cm³/mol.